The lowest BCUT2D eigenvalue weighted by molar-refractivity contribution is 0.485. The van der Waals surface area contributed by atoms with E-state index in [9.17, 15) is 0 Å². The summed E-state index contributed by atoms with van der Waals surface area (Å²) in [5.74, 6) is 2.74. The molecule has 0 aliphatic carbocycles. The Morgan fingerprint density at radius 1 is 1.00 bits per heavy atom. The molecule has 4 rings (SSSR count). The number of hydrogen-bond acceptors (Lipinski definition) is 6. The molecule has 0 N–H and O–H groups in total. The third-order valence-electron chi connectivity index (χ3n) is 4.43. The van der Waals surface area contributed by atoms with Gasteiger partial charge in [-0.15, -0.1) is 20.4 Å². The molecule has 0 radical (unpaired) electrons. The number of nitrogens with zero attached hydrogens (tertiary/aromatic N) is 5. The SMILES string of the molecule is Cc1nnc(CSc2nnc(-c3ccc(Cl)cc3)n2-c2ccccc2C(C)C)o1. The topological polar surface area (TPSA) is 69.6 Å². The second-order valence-electron chi connectivity index (χ2n) is 6.87. The van der Waals surface area contributed by atoms with Crippen molar-refractivity contribution in [3.8, 4) is 17.1 Å². The Morgan fingerprint density at radius 2 is 1.76 bits per heavy atom. The average molecular weight is 426 g/mol. The van der Waals surface area contributed by atoms with Crippen molar-refractivity contribution in [1.82, 2.24) is 25.0 Å². The number of hydrogen-bond donors (Lipinski definition) is 0. The van der Waals surface area contributed by atoms with Crippen LogP contribution in [0.25, 0.3) is 17.1 Å². The summed E-state index contributed by atoms with van der Waals surface area (Å²) in [6.07, 6.45) is 0. The van der Waals surface area contributed by atoms with Gasteiger partial charge in [-0.2, -0.15) is 0 Å². The van der Waals surface area contributed by atoms with Gasteiger partial charge in [0.2, 0.25) is 11.8 Å². The fourth-order valence-electron chi connectivity index (χ4n) is 3.07. The minimum atomic E-state index is 0.350. The van der Waals surface area contributed by atoms with Gasteiger partial charge >= 0.3 is 0 Å². The van der Waals surface area contributed by atoms with Crippen LogP contribution in [0.15, 0.2) is 58.1 Å². The van der Waals surface area contributed by atoms with Gasteiger partial charge in [-0.25, -0.2) is 0 Å². The first kappa shape index (κ1) is 19.7. The van der Waals surface area contributed by atoms with Crippen LogP contribution in [0.2, 0.25) is 5.02 Å². The zero-order chi connectivity index (χ0) is 20.4. The van der Waals surface area contributed by atoms with Crippen LogP contribution >= 0.6 is 23.4 Å². The van der Waals surface area contributed by atoms with Crippen LogP contribution < -0.4 is 0 Å². The van der Waals surface area contributed by atoms with Gasteiger partial charge in [0.15, 0.2) is 11.0 Å². The summed E-state index contributed by atoms with van der Waals surface area (Å²) < 4.78 is 7.59. The van der Waals surface area contributed by atoms with Gasteiger partial charge in [-0.05, 0) is 41.8 Å². The second-order valence-corrected chi connectivity index (χ2v) is 8.24. The molecule has 0 spiro atoms. The van der Waals surface area contributed by atoms with Crippen LogP contribution in [0.1, 0.15) is 37.1 Å². The smallest absolute Gasteiger partial charge is 0.226 e. The van der Waals surface area contributed by atoms with Crippen LogP contribution in [-0.4, -0.2) is 25.0 Å². The Morgan fingerprint density at radius 3 is 2.45 bits per heavy atom. The van der Waals surface area contributed by atoms with Gasteiger partial charge in [0.1, 0.15) is 0 Å². The van der Waals surface area contributed by atoms with Gasteiger partial charge in [0.25, 0.3) is 0 Å². The lowest BCUT2D eigenvalue weighted by Crippen LogP contribution is -2.05. The average Bonchev–Trinajstić information content (AvgIpc) is 3.33. The molecule has 0 fully saturated rings. The highest BCUT2D eigenvalue weighted by atomic mass is 35.5. The lowest BCUT2D eigenvalue weighted by atomic mass is 10.0. The minimum absolute atomic E-state index is 0.350. The quantitative estimate of drug-likeness (QED) is 0.369. The Bertz CT molecular complexity index is 1120. The molecule has 0 saturated heterocycles. The zero-order valence-electron chi connectivity index (χ0n) is 16.3. The Balaban J connectivity index is 1.81. The first-order chi connectivity index (χ1) is 14.0. The van der Waals surface area contributed by atoms with Crippen LogP contribution in [0, 0.1) is 6.92 Å². The molecule has 0 aliphatic rings. The van der Waals surface area contributed by atoms with Crippen LogP contribution in [-0.2, 0) is 5.75 Å². The Hall–Kier alpha value is -2.64. The molecule has 2 aromatic heterocycles. The van der Waals surface area contributed by atoms with E-state index in [1.165, 1.54) is 17.3 Å². The molecule has 0 amide bonds. The number of benzene rings is 2. The molecule has 4 aromatic rings. The Kier molecular flexibility index (Phi) is 5.69. The van der Waals surface area contributed by atoms with E-state index in [4.69, 9.17) is 16.0 Å². The highest BCUT2D eigenvalue weighted by Gasteiger charge is 2.20. The van der Waals surface area contributed by atoms with Gasteiger partial charge in [-0.1, -0.05) is 55.4 Å². The highest BCUT2D eigenvalue weighted by molar-refractivity contribution is 7.98. The minimum Gasteiger partial charge on any atom is -0.425 e. The maximum atomic E-state index is 6.08. The van der Waals surface area contributed by atoms with Crippen molar-refractivity contribution in [3.05, 3.63) is 70.9 Å². The molecule has 0 saturated carbocycles. The highest BCUT2D eigenvalue weighted by Crippen LogP contribution is 2.33. The summed E-state index contributed by atoms with van der Waals surface area (Å²) in [6.45, 7) is 6.14. The van der Waals surface area contributed by atoms with Crippen LogP contribution in [0.5, 0.6) is 0 Å². The third kappa shape index (κ3) is 4.21. The lowest BCUT2D eigenvalue weighted by Gasteiger charge is -2.16. The summed E-state index contributed by atoms with van der Waals surface area (Å²) in [5.41, 5.74) is 3.22. The maximum Gasteiger partial charge on any atom is 0.226 e. The number of halogens is 1. The molecule has 29 heavy (non-hydrogen) atoms. The first-order valence-electron chi connectivity index (χ1n) is 9.25. The summed E-state index contributed by atoms with van der Waals surface area (Å²) in [6, 6.07) is 16.0. The standard InChI is InChI=1S/C21H20ClN5OS/c1-13(2)17-6-4-5-7-18(17)27-20(15-8-10-16(22)11-9-15)25-26-21(27)29-12-19-24-23-14(3)28-19/h4-11,13H,12H2,1-3H3. The van der Waals surface area contributed by atoms with Crippen molar-refractivity contribution >= 4 is 23.4 Å². The van der Waals surface area contributed by atoms with Gasteiger partial charge in [0, 0.05) is 17.5 Å². The number of aromatic nitrogens is 5. The third-order valence-corrected chi connectivity index (χ3v) is 5.59. The normalized spacial score (nSPS) is 11.3. The van der Waals surface area contributed by atoms with Crippen molar-refractivity contribution in [3.63, 3.8) is 0 Å². The number of aryl methyl sites for hydroxylation is 1. The van der Waals surface area contributed by atoms with Crippen molar-refractivity contribution in [1.29, 1.82) is 0 Å². The largest absolute Gasteiger partial charge is 0.425 e. The molecule has 0 aliphatic heterocycles. The molecule has 0 atom stereocenters. The van der Waals surface area contributed by atoms with E-state index in [2.05, 4.69) is 57.0 Å². The Labute approximate surface area is 178 Å². The van der Waals surface area contributed by atoms with E-state index >= 15 is 0 Å². The molecular formula is C21H20ClN5OS. The van der Waals surface area contributed by atoms with E-state index < -0.39 is 0 Å². The second kappa shape index (κ2) is 8.39. The fourth-order valence-corrected chi connectivity index (χ4v) is 3.98. The van der Waals surface area contributed by atoms with Crippen molar-refractivity contribution in [2.45, 2.75) is 37.6 Å². The summed E-state index contributed by atoms with van der Waals surface area (Å²) in [5, 5.41) is 18.4. The van der Waals surface area contributed by atoms with E-state index in [-0.39, 0.29) is 0 Å². The van der Waals surface area contributed by atoms with E-state index in [0.29, 0.717) is 28.5 Å². The van der Waals surface area contributed by atoms with Gasteiger partial charge in [-0.3, -0.25) is 4.57 Å². The fraction of sp³-hybridized carbons (Fsp3) is 0.238. The number of rotatable bonds is 6. The molecule has 0 bridgehead atoms. The van der Waals surface area contributed by atoms with Crippen molar-refractivity contribution in [2.24, 2.45) is 0 Å². The molecule has 8 heteroatoms. The molecular weight excluding hydrogens is 406 g/mol. The van der Waals surface area contributed by atoms with Crippen LogP contribution in [0.3, 0.4) is 0 Å². The summed E-state index contributed by atoms with van der Waals surface area (Å²) in [4.78, 5) is 0. The van der Waals surface area contributed by atoms with Crippen molar-refractivity contribution in [2.75, 3.05) is 0 Å². The summed E-state index contributed by atoms with van der Waals surface area (Å²) in [7, 11) is 0. The van der Waals surface area contributed by atoms with E-state index in [0.717, 1.165) is 22.2 Å². The number of para-hydroxylation sites is 1. The zero-order valence-corrected chi connectivity index (χ0v) is 17.9. The molecule has 0 unspecified atom stereocenters. The van der Waals surface area contributed by atoms with Gasteiger partial charge < -0.3 is 4.42 Å². The van der Waals surface area contributed by atoms with Crippen LogP contribution in [0.4, 0.5) is 0 Å². The first-order valence-corrected chi connectivity index (χ1v) is 10.6. The molecule has 6 nitrogen and oxygen atoms in total. The maximum absolute atomic E-state index is 6.08. The molecule has 2 aromatic carbocycles. The predicted molar refractivity (Wildman–Crippen MR) is 114 cm³/mol. The van der Waals surface area contributed by atoms with Crippen molar-refractivity contribution < 1.29 is 4.42 Å². The molecule has 148 valence electrons. The number of thioether (sulfide) groups is 1. The van der Waals surface area contributed by atoms with E-state index in [1.54, 1.807) is 6.92 Å². The van der Waals surface area contributed by atoms with E-state index in [1.807, 2.05) is 30.3 Å². The summed E-state index contributed by atoms with van der Waals surface area (Å²) >= 11 is 7.59. The monoisotopic (exact) mass is 425 g/mol. The predicted octanol–water partition coefficient (Wildman–Crippen LogP) is 5.69. The van der Waals surface area contributed by atoms with Gasteiger partial charge in [0.05, 0.1) is 11.4 Å². The molecule has 2 heterocycles.